The molecule has 1 atom stereocenters. The molecule has 4 nitrogen and oxygen atoms in total. The fourth-order valence-electron chi connectivity index (χ4n) is 3.59. The van der Waals surface area contributed by atoms with Gasteiger partial charge in [0.15, 0.2) is 0 Å². The molecule has 2 aliphatic rings. The van der Waals surface area contributed by atoms with Crippen LogP contribution in [0.2, 0.25) is 0 Å². The zero-order chi connectivity index (χ0) is 15.7. The largest absolute Gasteiger partial charge is 0.378 e. The molecule has 0 bridgehead atoms. The van der Waals surface area contributed by atoms with E-state index >= 15 is 0 Å². The molecule has 0 radical (unpaired) electrons. The highest BCUT2D eigenvalue weighted by molar-refractivity contribution is 5.97. The first kappa shape index (κ1) is 15.3. The summed E-state index contributed by atoms with van der Waals surface area (Å²) in [6.07, 6.45) is 3.56. The quantitative estimate of drug-likeness (QED) is 0.853. The van der Waals surface area contributed by atoms with Crippen LogP contribution < -0.4 is 4.90 Å². The molecular weight excluding hydrogens is 274 g/mol. The molecule has 3 rings (SSSR count). The molecule has 2 heterocycles. The van der Waals surface area contributed by atoms with Gasteiger partial charge in [-0.2, -0.15) is 0 Å². The number of hydrogen-bond donors (Lipinski definition) is 0. The van der Waals surface area contributed by atoms with Crippen LogP contribution in [0.25, 0.3) is 0 Å². The standard InChI is InChI=1S/C18H27N3O/c1-14-5-4-9-20(14)11-12-21-10-8-15-13-16(19(2)3)6-7-17(15)18(21)22/h6-7,13-14H,4-5,8-12H2,1-3H3/t14-/m1/s1. The van der Waals surface area contributed by atoms with Crippen molar-refractivity contribution >= 4 is 11.6 Å². The monoisotopic (exact) mass is 301 g/mol. The van der Waals surface area contributed by atoms with E-state index in [0.29, 0.717) is 6.04 Å². The van der Waals surface area contributed by atoms with Crippen molar-refractivity contribution in [3.8, 4) is 0 Å². The Kier molecular flexibility index (Phi) is 4.39. The second-order valence-electron chi connectivity index (χ2n) is 6.81. The number of benzene rings is 1. The molecule has 0 spiro atoms. The van der Waals surface area contributed by atoms with Crippen molar-refractivity contribution in [3.63, 3.8) is 0 Å². The Morgan fingerprint density at radius 2 is 2.05 bits per heavy atom. The Bertz CT molecular complexity index is 555. The smallest absolute Gasteiger partial charge is 0.254 e. The molecule has 1 fully saturated rings. The van der Waals surface area contributed by atoms with E-state index in [-0.39, 0.29) is 5.91 Å². The van der Waals surface area contributed by atoms with Gasteiger partial charge in [0.2, 0.25) is 0 Å². The Balaban J connectivity index is 1.66. The number of fused-ring (bicyclic) bond motifs is 1. The normalized spacial score (nSPS) is 22.0. The van der Waals surface area contributed by atoms with Crippen LogP contribution in [-0.2, 0) is 6.42 Å². The van der Waals surface area contributed by atoms with E-state index in [9.17, 15) is 4.79 Å². The van der Waals surface area contributed by atoms with Crippen LogP contribution in [0, 0.1) is 0 Å². The van der Waals surface area contributed by atoms with Crippen molar-refractivity contribution in [1.29, 1.82) is 0 Å². The predicted molar refractivity (Wildman–Crippen MR) is 90.6 cm³/mol. The zero-order valence-corrected chi connectivity index (χ0v) is 14.0. The zero-order valence-electron chi connectivity index (χ0n) is 14.0. The van der Waals surface area contributed by atoms with Crippen LogP contribution >= 0.6 is 0 Å². The molecule has 0 aliphatic carbocycles. The summed E-state index contributed by atoms with van der Waals surface area (Å²) in [6.45, 7) is 6.20. The second-order valence-corrected chi connectivity index (χ2v) is 6.81. The van der Waals surface area contributed by atoms with Crippen LogP contribution in [0.15, 0.2) is 18.2 Å². The van der Waals surface area contributed by atoms with Crippen molar-refractivity contribution in [2.75, 3.05) is 45.2 Å². The third-order valence-electron chi connectivity index (χ3n) is 5.12. The van der Waals surface area contributed by atoms with Crippen LogP contribution in [0.3, 0.4) is 0 Å². The summed E-state index contributed by atoms with van der Waals surface area (Å²) in [4.78, 5) is 19.3. The lowest BCUT2D eigenvalue weighted by Gasteiger charge is -2.31. The Morgan fingerprint density at radius 1 is 1.23 bits per heavy atom. The lowest BCUT2D eigenvalue weighted by molar-refractivity contribution is 0.0717. The number of amides is 1. The number of likely N-dealkylation sites (tertiary alicyclic amines) is 1. The van der Waals surface area contributed by atoms with Gasteiger partial charge in [-0.15, -0.1) is 0 Å². The van der Waals surface area contributed by atoms with Crippen LogP contribution in [0.4, 0.5) is 5.69 Å². The lowest BCUT2D eigenvalue weighted by Crippen LogP contribution is -2.43. The summed E-state index contributed by atoms with van der Waals surface area (Å²) >= 11 is 0. The Hall–Kier alpha value is -1.55. The SMILES string of the molecule is C[C@@H]1CCCN1CCN1CCc2cc(N(C)C)ccc2C1=O. The molecular formula is C18H27N3O. The van der Waals surface area contributed by atoms with Gasteiger partial charge in [-0.3, -0.25) is 9.69 Å². The van der Waals surface area contributed by atoms with E-state index in [2.05, 4.69) is 22.8 Å². The van der Waals surface area contributed by atoms with E-state index < -0.39 is 0 Å². The van der Waals surface area contributed by atoms with E-state index in [1.165, 1.54) is 30.6 Å². The third-order valence-corrected chi connectivity index (χ3v) is 5.12. The molecule has 0 aromatic heterocycles. The lowest BCUT2D eigenvalue weighted by atomic mass is 9.98. The van der Waals surface area contributed by atoms with Gasteiger partial charge in [0, 0.05) is 51.0 Å². The van der Waals surface area contributed by atoms with Gasteiger partial charge in [-0.05, 0) is 56.5 Å². The molecule has 4 heteroatoms. The average molecular weight is 301 g/mol. The maximum absolute atomic E-state index is 12.7. The maximum Gasteiger partial charge on any atom is 0.254 e. The maximum atomic E-state index is 12.7. The number of anilines is 1. The molecule has 0 N–H and O–H groups in total. The van der Waals surface area contributed by atoms with Crippen LogP contribution in [0.5, 0.6) is 0 Å². The minimum Gasteiger partial charge on any atom is -0.378 e. The van der Waals surface area contributed by atoms with Crippen molar-refractivity contribution in [3.05, 3.63) is 29.3 Å². The summed E-state index contributed by atoms with van der Waals surface area (Å²) in [7, 11) is 4.08. The van der Waals surface area contributed by atoms with Gasteiger partial charge >= 0.3 is 0 Å². The van der Waals surface area contributed by atoms with Crippen molar-refractivity contribution in [1.82, 2.24) is 9.80 Å². The molecule has 2 aliphatic heterocycles. The fourth-order valence-corrected chi connectivity index (χ4v) is 3.59. The van der Waals surface area contributed by atoms with Gasteiger partial charge < -0.3 is 9.80 Å². The van der Waals surface area contributed by atoms with E-state index in [4.69, 9.17) is 0 Å². The molecule has 120 valence electrons. The van der Waals surface area contributed by atoms with Crippen molar-refractivity contribution in [2.45, 2.75) is 32.2 Å². The predicted octanol–water partition coefficient (Wildman–Crippen LogP) is 2.24. The fraction of sp³-hybridized carbons (Fsp3) is 0.611. The molecule has 1 aromatic carbocycles. The van der Waals surface area contributed by atoms with Crippen molar-refractivity contribution < 1.29 is 4.79 Å². The topological polar surface area (TPSA) is 26.8 Å². The number of carbonyl (C=O) groups excluding carboxylic acids is 1. The summed E-state index contributed by atoms with van der Waals surface area (Å²) in [6, 6.07) is 6.88. The van der Waals surface area contributed by atoms with Gasteiger partial charge in [0.25, 0.3) is 5.91 Å². The number of hydrogen-bond acceptors (Lipinski definition) is 3. The van der Waals surface area contributed by atoms with Crippen molar-refractivity contribution in [2.24, 2.45) is 0 Å². The first-order chi connectivity index (χ1) is 10.6. The molecule has 22 heavy (non-hydrogen) atoms. The first-order valence-corrected chi connectivity index (χ1v) is 8.40. The van der Waals surface area contributed by atoms with Gasteiger partial charge in [0.1, 0.15) is 0 Å². The van der Waals surface area contributed by atoms with Gasteiger partial charge in [-0.1, -0.05) is 0 Å². The Morgan fingerprint density at radius 3 is 2.73 bits per heavy atom. The molecule has 0 saturated carbocycles. The highest BCUT2D eigenvalue weighted by Crippen LogP contribution is 2.24. The Labute approximate surface area is 133 Å². The van der Waals surface area contributed by atoms with Crippen LogP contribution in [-0.4, -0.2) is 62.0 Å². The van der Waals surface area contributed by atoms with E-state index in [0.717, 1.165) is 31.6 Å². The van der Waals surface area contributed by atoms with E-state index in [1.807, 2.05) is 31.1 Å². The summed E-state index contributed by atoms with van der Waals surface area (Å²) in [5.41, 5.74) is 3.26. The molecule has 0 unspecified atom stereocenters. The summed E-state index contributed by atoms with van der Waals surface area (Å²) in [5, 5.41) is 0. The summed E-state index contributed by atoms with van der Waals surface area (Å²) in [5.74, 6) is 0.207. The second kappa shape index (κ2) is 6.29. The number of nitrogens with zero attached hydrogens (tertiary/aromatic N) is 3. The van der Waals surface area contributed by atoms with E-state index in [1.54, 1.807) is 0 Å². The molecule has 1 saturated heterocycles. The summed E-state index contributed by atoms with van der Waals surface area (Å²) < 4.78 is 0. The highest BCUT2D eigenvalue weighted by atomic mass is 16.2. The highest BCUT2D eigenvalue weighted by Gasteiger charge is 2.26. The first-order valence-electron chi connectivity index (χ1n) is 8.40. The molecule has 1 aromatic rings. The number of carbonyl (C=O) groups is 1. The number of rotatable bonds is 4. The van der Waals surface area contributed by atoms with Gasteiger partial charge in [-0.25, -0.2) is 0 Å². The third kappa shape index (κ3) is 2.98. The van der Waals surface area contributed by atoms with Crippen LogP contribution in [0.1, 0.15) is 35.7 Å². The average Bonchev–Trinajstić information content (AvgIpc) is 2.91. The molecule has 1 amide bonds. The minimum absolute atomic E-state index is 0.207. The van der Waals surface area contributed by atoms with Gasteiger partial charge in [0.05, 0.1) is 0 Å². The minimum atomic E-state index is 0.207.